The molecule has 1 aromatic rings. The first-order chi connectivity index (χ1) is 8.33. The van der Waals surface area contributed by atoms with Gasteiger partial charge in [0.1, 0.15) is 0 Å². The van der Waals surface area contributed by atoms with Gasteiger partial charge >= 0.3 is 0 Å². The van der Waals surface area contributed by atoms with Crippen LogP contribution in [0.5, 0.6) is 0 Å². The standard InChI is InChI=1S/C14H22N2O/c1-2-15-14(11-17)10-16-8-7-12-5-3-4-6-13(12)9-16/h3-6,14-15,17H,2,7-11H2,1H3. The van der Waals surface area contributed by atoms with Gasteiger partial charge in [-0.25, -0.2) is 0 Å². The Morgan fingerprint density at radius 2 is 2.12 bits per heavy atom. The van der Waals surface area contributed by atoms with E-state index in [2.05, 4.69) is 41.4 Å². The molecular formula is C14H22N2O. The molecule has 2 rings (SSSR count). The Labute approximate surface area is 103 Å². The van der Waals surface area contributed by atoms with Crippen LogP contribution in [-0.2, 0) is 13.0 Å². The third-order valence-corrected chi connectivity index (χ3v) is 3.40. The van der Waals surface area contributed by atoms with Crippen LogP contribution in [0, 0.1) is 0 Å². The molecule has 0 aliphatic carbocycles. The quantitative estimate of drug-likeness (QED) is 0.798. The molecule has 1 atom stereocenters. The highest BCUT2D eigenvalue weighted by atomic mass is 16.3. The van der Waals surface area contributed by atoms with Crippen LogP contribution in [-0.4, -0.2) is 42.3 Å². The molecule has 1 aliphatic heterocycles. The summed E-state index contributed by atoms with van der Waals surface area (Å²) in [6, 6.07) is 8.86. The van der Waals surface area contributed by atoms with E-state index in [1.165, 1.54) is 11.1 Å². The van der Waals surface area contributed by atoms with Gasteiger partial charge in [-0.3, -0.25) is 4.90 Å². The third kappa shape index (κ3) is 3.28. The van der Waals surface area contributed by atoms with E-state index >= 15 is 0 Å². The molecule has 0 saturated heterocycles. The van der Waals surface area contributed by atoms with Crippen LogP contribution in [0.4, 0.5) is 0 Å². The van der Waals surface area contributed by atoms with Crippen LogP contribution in [0.2, 0.25) is 0 Å². The van der Waals surface area contributed by atoms with Crippen LogP contribution in [0.3, 0.4) is 0 Å². The summed E-state index contributed by atoms with van der Waals surface area (Å²) >= 11 is 0. The van der Waals surface area contributed by atoms with Crippen molar-refractivity contribution in [1.82, 2.24) is 10.2 Å². The lowest BCUT2D eigenvalue weighted by molar-refractivity contribution is 0.173. The number of aliphatic hydroxyl groups is 1. The van der Waals surface area contributed by atoms with Gasteiger partial charge in [-0.05, 0) is 24.1 Å². The molecule has 94 valence electrons. The molecule has 0 spiro atoms. The molecule has 0 aromatic heterocycles. The normalized spacial score (nSPS) is 17.8. The number of hydrogen-bond acceptors (Lipinski definition) is 3. The van der Waals surface area contributed by atoms with Crippen molar-refractivity contribution in [3.63, 3.8) is 0 Å². The van der Waals surface area contributed by atoms with E-state index in [0.29, 0.717) is 0 Å². The first kappa shape index (κ1) is 12.6. The minimum absolute atomic E-state index is 0.199. The van der Waals surface area contributed by atoms with Gasteiger partial charge in [0.05, 0.1) is 6.61 Å². The van der Waals surface area contributed by atoms with Crippen molar-refractivity contribution in [3.8, 4) is 0 Å². The Morgan fingerprint density at radius 3 is 2.82 bits per heavy atom. The van der Waals surface area contributed by atoms with Gasteiger partial charge in [-0.15, -0.1) is 0 Å². The lowest BCUT2D eigenvalue weighted by atomic mass is 9.99. The first-order valence-corrected chi connectivity index (χ1v) is 6.47. The summed E-state index contributed by atoms with van der Waals surface area (Å²) < 4.78 is 0. The summed E-state index contributed by atoms with van der Waals surface area (Å²) in [6.45, 7) is 6.24. The molecule has 3 heteroatoms. The molecule has 1 heterocycles. The number of nitrogens with zero attached hydrogens (tertiary/aromatic N) is 1. The zero-order valence-electron chi connectivity index (χ0n) is 10.5. The van der Waals surface area contributed by atoms with Gasteiger partial charge in [-0.2, -0.15) is 0 Å². The van der Waals surface area contributed by atoms with Crippen molar-refractivity contribution < 1.29 is 5.11 Å². The Morgan fingerprint density at radius 1 is 1.35 bits per heavy atom. The lowest BCUT2D eigenvalue weighted by Crippen LogP contribution is -2.44. The molecular weight excluding hydrogens is 212 g/mol. The van der Waals surface area contributed by atoms with Crippen molar-refractivity contribution in [3.05, 3.63) is 35.4 Å². The van der Waals surface area contributed by atoms with Gasteiger partial charge < -0.3 is 10.4 Å². The third-order valence-electron chi connectivity index (χ3n) is 3.40. The Balaban J connectivity index is 1.93. The predicted molar refractivity (Wildman–Crippen MR) is 70.0 cm³/mol. The minimum atomic E-state index is 0.199. The average Bonchev–Trinajstić information content (AvgIpc) is 2.38. The van der Waals surface area contributed by atoms with Crippen molar-refractivity contribution in [2.24, 2.45) is 0 Å². The van der Waals surface area contributed by atoms with Gasteiger partial charge in [-0.1, -0.05) is 31.2 Å². The second kappa shape index (κ2) is 6.15. The van der Waals surface area contributed by atoms with E-state index in [1.807, 2.05) is 0 Å². The van der Waals surface area contributed by atoms with E-state index in [0.717, 1.165) is 32.6 Å². The summed E-state index contributed by atoms with van der Waals surface area (Å²) in [5.41, 5.74) is 2.92. The molecule has 17 heavy (non-hydrogen) atoms. The second-order valence-corrected chi connectivity index (χ2v) is 4.69. The van der Waals surface area contributed by atoms with Crippen molar-refractivity contribution in [2.75, 3.05) is 26.2 Å². The molecule has 1 aromatic carbocycles. The maximum absolute atomic E-state index is 9.29. The number of rotatable bonds is 5. The molecule has 0 fully saturated rings. The fourth-order valence-corrected chi connectivity index (χ4v) is 2.50. The van der Waals surface area contributed by atoms with Crippen molar-refractivity contribution >= 4 is 0 Å². The lowest BCUT2D eigenvalue weighted by Gasteiger charge is -2.31. The Bertz CT molecular complexity index is 354. The maximum Gasteiger partial charge on any atom is 0.0597 e. The van der Waals surface area contributed by atoms with E-state index in [1.54, 1.807) is 0 Å². The first-order valence-electron chi connectivity index (χ1n) is 6.47. The monoisotopic (exact) mass is 234 g/mol. The van der Waals surface area contributed by atoms with Crippen LogP contribution < -0.4 is 5.32 Å². The fraction of sp³-hybridized carbons (Fsp3) is 0.571. The van der Waals surface area contributed by atoms with Crippen LogP contribution in [0.15, 0.2) is 24.3 Å². The van der Waals surface area contributed by atoms with Crippen molar-refractivity contribution in [1.29, 1.82) is 0 Å². The van der Waals surface area contributed by atoms with Gasteiger partial charge in [0.2, 0.25) is 0 Å². The van der Waals surface area contributed by atoms with Crippen LogP contribution in [0.25, 0.3) is 0 Å². The molecule has 0 bridgehead atoms. The topological polar surface area (TPSA) is 35.5 Å². The largest absolute Gasteiger partial charge is 0.395 e. The van der Waals surface area contributed by atoms with E-state index in [4.69, 9.17) is 0 Å². The van der Waals surface area contributed by atoms with E-state index in [9.17, 15) is 5.11 Å². The number of hydrogen-bond donors (Lipinski definition) is 2. The molecule has 1 aliphatic rings. The molecule has 0 amide bonds. The van der Waals surface area contributed by atoms with Gasteiger partial charge in [0, 0.05) is 25.7 Å². The summed E-state index contributed by atoms with van der Waals surface area (Å²) in [7, 11) is 0. The molecule has 0 radical (unpaired) electrons. The number of aliphatic hydroxyl groups excluding tert-OH is 1. The summed E-state index contributed by atoms with van der Waals surface area (Å²) in [5.74, 6) is 0. The van der Waals surface area contributed by atoms with Gasteiger partial charge in [0.25, 0.3) is 0 Å². The summed E-state index contributed by atoms with van der Waals surface area (Å²) in [6.07, 6.45) is 1.13. The highest BCUT2D eigenvalue weighted by molar-refractivity contribution is 5.29. The van der Waals surface area contributed by atoms with Gasteiger partial charge in [0.15, 0.2) is 0 Å². The highest BCUT2D eigenvalue weighted by Crippen LogP contribution is 2.18. The van der Waals surface area contributed by atoms with Crippen LogP contribution >= 0.6 is 0 Å². The average molecular weight is 234 g/mol. The fourth-order valence-electron chi connectivity index (χ4n) is 2.50. The zero-order chi connectivity index (χ0) is 12.1. The Kier molecular flexibility index (Phi) is 4.54. The Hall–Kier alpha value is -0.900. The smallest absolute Gasteiger partial charge is 0.0597 e. The molecule has 3 nitrogen and oxygen atoms in total. The number of fused-ring (bicyclic) bond motifs is 1. The highest BCUT2D eigenvalue weighted by Gasteiger charge is 2.18. The molecule has 1 unspecified atom stereocenters. The zero-order valence-corrected chi connectivity index (χ0v) is 10.5. The SMILES string of the molecule is CCNC(CO)CN1CCc2ccccc2C1. The number of benzene rings is 1. The number of likely N-dealkylation sites (N-methyl/N-ethyl adjacent to an activating group) is 1. The van der Waals surface area contributed by atoms with E-state index < -0.39 is 0 Å². The summed E-state index contributed by atoms with van der Waals surface area (Å²) in [4.78, 5) is 2.42. The molecule has 2 N–H and O–H groups in total. The van der Waals surface area contributed by atoms with E-state index in [-0.39, 0.29) is 12.6 Å². The minimum Gasteiger partial charge on any atom is -0.395 e. The summed E-state index contributed by atoms with van der Waals surface area (Å²) in [5, 5.41) is 12.6. The van der Waals surface area contributed by atoms with Crippen LogP contribution in [0.1, 0.15) is 18.1 Å². The maximum atomic E-state index is 9.29. The predicted octanol–water partition coefficient (Wildman–Crippen LogP) is 1.02. The number of nitrogens with one attached hydrogen (secondary N) is 1. The molecule has 0 saturated carbocycles. The second-order valence-electron chi connectivity index (χ2n) is 4.69. The van der Waals surface area contributed by atoms with Crippen molar-refractivity contribution in [2.45, 2.75) is 25.9 Å².